The number of likely N-dealkylation sites (N-methyl/N-ethyl adjacent to an activating group) is 1. The number of halogens is 5. The second-order valence-corrected chi connectivity index (χ2v) is 4.78. The Morgan fingerprint density at radius 3 is 2.59 bits per heavy atom. The van der Waals surface area contributed by atoms with Gasteiger partial charge >= 0.3 is 6.18 Å². The number of likely N-dealkylation sites (tertiary alicyclic amines) is 1. The molecule has 1 aromatic heterocycles. The number of pyridine rings is 1. The van der Waals surface area contributed by atoms with E-state index < -0.39 is 11.9 Å². The van der Waals surface area contributed by atoms with E-state index >= 15 is 0 Å². The molecule has 0 radical (unpaired) electrons. The van der Waals surface area contributed by atoms with Gasteiger partial charge in [0.15, 0.2) is 0 Å². The highest BCUT2D eigenvalue weighted by atomic mass is 35.5. The molecule has 1 amide bonds. The Morgan fingerprint density at radius 1 is 1.41 bits per heavy atom. The van der Waals surface area contributed by atoms with Crippen LogP contribution >= 0.6 is 24.8 Å². The van der Waals surface area contributed by atoms with Crippen molar-refractivity contribution in [2.24, 2.45) is 0 Å². The van der Waals surface area contributed by atoms with Gasteiger partial charge in [0.2, 0.25) is 0 Å². The quantitative estimate of drug-likeness (QED) is 0.902. The summed E-state index contributed by atoms with van der Waals surface area (Å²) >= 11 is 0. The lowest BCUT2D eigenvalue weighted by molar-refractivity contribution is -0.141. The monoisotopic (exact) mass is 359 g/mol. The van der Waals surface area contributed by atoms with Gasteiger partial charge in [0.05, 0.1) is 5.56 Å². The Labute approximate surface area is 139 Å². The first-order valence-corrected chi connectivity index (χ1v) is 6.42. The van der Waals surface area contributed by atoms with Crippen LogP contribution in [-0.4, -0.2) is 42.0 Å². The van der Waals surface area contributed by atoms with Crippen LogP contribution in [0.1, 0.15) is 28.9 Å². The Bertz CT molecular complexity index is 482. The third kappa shape index (κ3) is 4.72. The topological polar surface area (TPSA) is 45.2 Å². The lowest BCUT2D eigenvalue weighted by Crippen LogP contribution is -2.40. The van der Waals surface area contributed by atoms with E-state index in [0.29, 0.717) is 13.1 Å². The Hall–Kier alpha value is -1.05. The summed E-state index contributed by atoms with van der Waals surface area (Å²) in [4.78, 5) is 17.3. The van der Waals surface area contributed by atoms with Gasteiger partial charge in [-0.3, -0.25) is 9.78 Å². The van der Waals surface area contributed by atoms with Gasteiger partial charge in [-0.05, 0) is 32.0 Å². The smallest absolute Gasteiger partial charge is 0.334 e. The van der Waals surface area contributed by atoms with Gasteiger partial charge in [-0.2, -0.15) is 13.2 Å². The molecular formula is C13H18Cl2F3N3O. The highest BCUT2D eigenvalue weighted by molar-refractivity contribution is 5.94. The van der Waals surface area contributed by atoms with Crippen molar-refractivity contribution in [3.8, 4) is 0 Å². The number of hydrogen-bond acceptors (Lipinski definition) is 3. The summed E-state index contributed by atoms with van der Waals surface area (Å²) in [5.41, 5.74) is -0.789. The van der Waals surface area contributed by atoms with Gasteiger partial charge in [-0.1, -0.05) is 0 Å². The van der Waals surface area contributed by atoms with Crippen LogP contribution in [0.2, 0.25) is 0 Å². The zero-order chi connectivity index (χ0) is 14.8. The molecule has 1 atom stereocenters. The van der Waals surface area contributed by atoms with E-state index in [-0.39, 0.29) is 42.3 Å². The maximum atomic E-state index is 12.4. The summed E-state index contributed by atoms with van der Waals surface area (Å²) in [5.74, 6) is -0.260. The molecule has 1 N–H and O–H groups in total. The van der Waals surface area contributed by atoms with Gasteiger partial charge in [0.1, 0.15) is 5.69 Å². The molecule has 22 heavy (non-hydrogen) atoms. The molecule has 1 unspecified atom stereocenters. The number of nitrogens with zero attached hydrogens (tertiary/aromatic N) is 2. The molecule has 0 spiro atoms. The van der Waals surface area contributed by atoms with Crippen LogP contribution in [0.4, 0.5) is 13.2 Å². The lowest BCUT2D eigenvalue weighted by atomic mass is 10.2. The van der Waals surface area contributed by atoms with Gasteiger partial charge < -0.3 is 10.2 Å². The normalized spacial score (nSPS) is 17.6. The third-order valence-electron chi connectivity index (χ3n) is 3.38. The van der Waals surface area contributed by atoms with Crippen molar-refractivity contribution in [2.75, 3.05) is 20.1 Å². The lowest BCUT2D eigenvalue weighted by Gasteiger charge is -2.24. The van der Waals surface area contributed by atoms with E-state index in [0.717, 1.165) is 25.1 Å². The predicted octanol–water partition coefficient (Wildman–Crippen LogP) is 2.77. The zero-order valence-electron chi connectivity index (χ0n) is 11.9. The summed E-state index contributed by atoms with van der Waals surface area (Å²) in [6.45, 7) is 1.31. The maximum Gasteiger partial charge on any atom is 0.433 e. The van der Waals surface area contributed by atoms with Crippen molar-refractivity contribution >= 4 is 30.7 Å². The number of nitrogens with one attached hydrogen (secondary N) is 1. The molecule has 126 valence electrons. The summed E-state index contributed by atoms with van der Waals surface area (Å²) < 4.78 is 37.3. The molecule has 4 nitrogen and oxygen atoms in total. The molecule has 9 heteroatoms. The number of alkyl halides is 3. The molecule has 1 saturated heterocycles. The van der Waals surface area contributed by atoms with Gasteiger partial charge in [-0.15, -0.1) is 24.8 Å². The molecule has 1 aliphatic rings. The second kappa shape index (κ2) is 8.55. The van der Waals surface area contributed by atoms with Gasteiger partial charge in [-0.25, -0.2) is 0 Å². The highest BCUT2D eigenvalue weighted by Crippen LogP contribution is 2.27. The first-order valence-electron chi connectivity index (χ1n) is 6.42. The molecular weight excluding hydrogens is 342 g/mol. The van der Waals surface area contributed by atoms with Crippen LogP contribution in [0.3, 0.4) is 0 Å². The van der Waals surface area contributed by atoms with Crippen molar-refractivity contribution in [1.29, 1.82) is 0 Å². The Morgan fingerprint density at radius 2 is 2.09 bits per heavy atom. The van der Waals surface area contributed by atoms with Crippen molar-refractivity contribution in [3.63, 3.8) is 0 Å². The summed E-state index contributed by atoms with van der Waals surface area (Å²) in [6, 6.07) is 2.12. The highest BCUT2D eigenvalue weighted by Gasteiger charge is 2.33. The van der Waals surface area contributed by atoms with Crippen LogP contribution < -0.4 is 5.32 Å². The van der Waals surface area contributed by atoms with Crippen LogP contribution in [-0.2, 0) is 6.18 Å². The molecule has 2 heterocycles. The fourth-order valence-corrected chi connectivity index (χ4v) is 2.40. The van der Waals surface area contributed by atoms with E-state index in [1.807, 2.05) is 0 Å². The van der Waals surface area contributed by atoms with Crippen LogP contribution in [0.25, 0.3) is 0 Å². The minimum atomic E-state index is -4.48. The molecule has 2 rings (SSSR count). The third-order valence-corrected chi connectivity index (χ3v) is 3.38. The average molecular weight is 360 g/mol. The predicted molar refractivity (Wildman–Crippen MR) is 81.7 cm³/mol. The molecule has 1 aliphatic heterocycles. The SMILES string of the molecule is CNCC1CCCN1C(=O)c1ccc(C(F)(F)F)nc1.Cl.Cl. The average Bonchev–Trinajstić information content (AvgIpc) is 2.86. The number of hydrogen-bond donors (Lipinski definition) is 1. The van der Waals surface area contributed by atoms with Crippen molar-refractivity contribution in [2.45, 2.75) is 25.1 Å². The molecule has 1 fully saturated rings. The fraction of sp³-hybridized carbons (Fsp3) is 0.538. The number of amides is 1. The van der Waals surface area contributed by atoms with E-state index in [4.69, 9.17) is 0 Å². The number of aromatic nitrogens is 1. The fourth-order valence-electron chi connectivity index (χ4n) is 2.40. The summed E-state index contributed by atoms with van der Waals surface area (Å²) in [6.07, 6.45) is -1.67. The first-order chi connectivity index (χ1) is 9.43. The van der Waals surface area contributed by atoms with E-state index in [1.54, 1.807) is 11.9 Å². The number of carbonyl (C=O) groups is 1. The maximum absolute atomic E-state index is 12.4. The van der Waals surface area contributed by atoms with Crippen LogP contribution in [0, 0.1) is 0 Å². The Kier molecular flexibility index (Phi) is 8.14. The standard InChI is InChI=1S/C13H16F3N3O.2ClH/c1-17-8-10-3-2-6-19(10)12(20)9-4-5-11(18-7-9)13(14,15)16;;/h4-5,7,10,17H,2-3,6,8H2,1H3;2*1H. The zero-order valence-corrected chi connectivity index (χ0v) is 13.5. The first kappa shape index (κ1) is 20.9. The largest absolute Gasteiger partial charge is 0.433 e. The van der Waals surface area contributed by atoms with E-state index in [9.17, 15) is 18.0 Å². The molecule has 0 bridgehead atoms. The summed E-state index contributed by atoms with van der Waals surface area (Å²) in [7, 11) is 1.81. The van der Waals surface area contributed by atoms with Gasteiger partial charge in [0, 0.05) is 25.3 Å². The van der Waals surface area contributed by atoms with Crippen LogP contribution in [0.5, 0.6) is 0 Å². The van der Waals surface area contributed by atoms with Crippen molar-refractivity contribution in [1.82, 2.24) is 15.2 Å². The van der Waals surface area contributed by atoms with E-state index in [1.165, 1.54) is 6.07 Å². The molecule has 1 aromatic rings. The second-order valence-electron chi connectivity index (χ2n) is 4.78. The minimum absolute atomic E-state index is 0. The minimum Gasteiger partial charge on any atom is -0.334 e. The Balaban J connectivity index is 0.00000220. The molecule has 0 saturated carbocycles. The van der Waals surface area contributed by atoms with Crippen molar-refractivity contribution in [3.05, 3.63) is 29.6 Å². The van der Waals surface area contributed by atoms with Gasteiger partial charge in [0.25, 0.3) is 5.91 Å². The number of rotatable bonds is 3. The molecule has 0 aromatic carbocycles. The summed E-state index contributed by atoms with van der Waals surface area (Å²) in [5, 5.41) is 3.02. The number of carbonyl (C=O) groups excluding carboxylic acids is 1. The van der Waals surface area contributed by atoms with E-state index in [2.05, 4.69) is 10.3 Å². The van der Waals surface area contributed by atoms with Crippen molar-refractivity contribution < 1.29 is 18.0 Å². The molecule has 0 aliphatic carbocycles. The van der Waals surface area contributed by atoms with Crippen LogP contribution in [0.15, 0.2) is 18.3 Å².